The number of carboxylic acid groups (broad SMARTS) is 1. The van der Waals surface area contributed by atoms with Crippen LogP contribution in [0, 0.1) is 0 Å². The molecule has 6 heteroatoms. The van der Waals surface area contributed by atoms with Crippen LogP contribution in [-0.4, -0.2) is 37.5 Å². The molecule has 0 radical (unpaired) electrons. The van der Waals surface area contributed by atoms with Crippen LogP contribution in [0.15, 0.2) is 16.6 Å². The fraction of sp³-hybridized carbons (Fsp3) is 0.417. The van der Waals surface area contributed by atoms with E-state index in [9.17, 15) is 4.79 Å². The maximum absolute atomic E-state index is 10.3. The average Bonchev–Trinajstić information content (AvgIpc) is 2.34. The minimum atomic E-state index is -0.962. The SMILES string of the molecule is O=C(O)COCCc1cc2c(cc1Br)OCCO2. The summed E-state index contributed by atoms with van der Waals surface area (Å²) >= 11 is 3.45. The van der Waals surface area contributed by atoms with Gasteiger partial charge < -0.3 is 19.3 Å². The molecule has 1 aromatic carbocycles. The van der Waals surface area contributed by atoms with Crippen LogP contribution in [0.4, 0.5) is 0 Å². The summed E-state index contributed by atoms with van der Waals surface area (Å²) in [5.41, 5.74) is 1.00. The molecule has 0 bridgehead atoms. The molecule has 5 nitrogen and oxygen atoms in total. The third kappa shape index (κ3) is 3.36. The summed E-state index contributed by atoms with van der Waals surface area (Å²) in [6.07, 6.45) is 0.616. The second kappa shape index (κ2) is 6.06. The predicted molar refractivity (Wildman–Crippen MR) is 67.3 cm³/mol. The molecule has 0 saturated heterocycles. The van der Waals surface area contributed by atoms with E-state index in [1.807, 2.05) is 12.1 Å². The van der Waals surface area contributed by atoms with Gasteiger partial charge in [-0.3, -0.25) is 0 Å². The van der Waals surface area contributed by atoms with Crippen molar-refractivity contribution in [2.75, 3.05) is 26.4 Å². The number of carbonyl (C=O) groups is 1. The molecule has 0 aliphatic carbocycles. The third-order valence-corrected chi connectivity index (χ3v) is 3.19. The van der Waals surface area contributed by atoms with Gasteiger partial charge in [0.1, 0.15) is 19.8 Å². The molecule has 0 spiro atoms. The normalized spacial score (nSPS) is 13.4. The van der Waals surface area contributed by atoms with Gasteiger partial charge in [0, 0.05) is 4.47 Å². The van der Waals surface area contributed by atoms with Crippen molar-refractivity contribution in [2.24, 2.45) is 0 Å². The third-order valence-electron chi connectivity index (χ3n) is 2.45. The number of ether oxygens (including phenoxy) is 3. The van der Waals surface area contributed by atoms with Crippen LogP contribution in [0.3, 0.4) is 0 Å². The van der Waals surface area contributed by atoms with Gasteiger partial charge in [0.2, 0.25) is 0 Å². The van der Waals surface area contributed by atoms with Crippen molar-refractivity contribution in [3.63, 3.8) is 0 Å². The molecule has 1 aliphatic rings. The second-order valence-electron chi connectivity index (χ2n) is 3.78. The van der Waals surface area contributed by atoms with Crippen LogP contribution < -0.4 is 9.47 Å². The summed E-state index contributed by atoms with van der Waals surface area (Å²) in [5, 5.41) is 8.45. The molecular formula is C12H13BrO5. The minimum absolute atomic E-state index is 0.276. The number of hydrogen-bond donors (Lipinski definition) is 1. The standard InChI is InChI=1S/C12H13BrO5/c13-9-6-11-10(17-3-4-18-11)5-8(9)1-2-16-7-12(14)15/h5-6H,1-4,7H2,(H,14,15). The number of halogens is 1. The first kappa shape index (κ1) is 13.2. The molecule has 0 unspecified atom stereocenters. The Morgan fingerprint density at radius 2 is 2.00 bits per heavy atom. The van der Waals surface area contributed by atoms with Crippen LogP contribution >= 0.6 is 15.9 Å². The summed E-state index contributed by atoms with van der Waals surface area (Å²) in [6, 6.07) is 3.75. The van der Waals surface area contributed by atoms with Crippen LogP contribution in [0.1, 0.15) is 5.56 Å². The number of hydrogen-bond acceptors (Lipinski definition) is 4. The minimum Gasteiger partial charge on any atom is -0.486 e. The Kier molecular flexibility index (Phi) is 4.43. The maximum atomic E-state index is 10.3. The van der Waals surface area contributed by atoms with Crippen molar-refractivity contribution < 1.29 is 24.1 Å². The first-order valence-electron chi connectivity index (χ1n) is 5.54. The van der Waals surface area contributed by atoms with Gasteiger partial charge in [0.05, 0.1) is 6.61 Å². The predicted octanol–water partition coefficient (Wildman–Crippen LogP) is 1.86. The first-order chi connectivity index (χ1) is 8.66. The zero-order valence-corrected chi connectivity index (χ0v) is 11.2. The second-order valence-corrected chi connectivity index (χ2v) is 4.64. The number of carboxylic acids is 1. The molecule has 0 amide bonds. The monoisotopic (exact) mass is 316 g/mol. The molecule has 1 aliphatic heterocycles. The maximum Gasteiger partial charge on any atom is 0.329 e. The highest BCUT2D eigenvalue weighted by molar-refractivity contribution is 9.10. The van der Waals surface area contributed by atoms with Gasteiger partial charge in [0.25, 0.3) is 0 Å². The highest BCUT2D eigenvalue weighted by atomic mass is 79.9. The highest BCUT2D eigenvalue weighted by Crippen LogP contribution is 2.35. The lowest BCUT2D eigenvalue weighted by Gasteiger charge is -2.19. The van der Waals surface area contributed by atoms with Gasteiger partial charge in [-0.15, -0.1) is 0 Å². The van der Waals surface area contributed by atoms with Gasteiger partial charge in [-0.05, 0) is 24.1 Å². The Balaban J connectivity index is 1.97. The molecule has 0 fully saturated rings. The molecule has 0 saturated carbocycles. The van der Waals surface area contributed by atoms with E-state index in [0.717, 1.165) is 21.5 Å². The van der Waals surface area contributed by atoms with Crippen LogP contribution in [0.2, 0.25) is 0 Å². The van der Waals surface area contributed by atoms with E-state index in [0.29, 0.717) is 26.2 Å². The van der Waals surface area contributed by atoms with E-state index in [4.69, 9.17) is 19.3 Å². The van der Waals surface area contributed by atoms with E-state index in [-0.39, 0.29) is 6.61 Å². The quantitative estimate of drug-likeness (QED) is 0.840. The number of aliphatic carboxylic acids is 1. The summed E-state index contributed by atoms with van der Waals surface area (Å²) in [5.74, 6) is 0.484. The molecular weight excluding hydrogens is 304 g/mol. The van der Waals surface area contributed by atoms with Gasteiger partial charge in [-0.2, -0.15) is 0 Å². The molecule has 0 aromatic heterocycles. The number of benzene rings is 1. The van der Waals surface area contributed by atoms with Crippen molar-refractivity contribution in [1.29, 1.82) is 0 Å². The molecule has 18 heavy (non-hydrogen) atoms. The van der Waals surface area contributed by atoms with Gasteiger partial charge in [0.15, 0.2) is 11.5 Å². The zero-order chi connectivity index (χ0) is 13.0. The van der Waals surface area contributed by atoms with Gasteiger partial charge in [-0.25, -0.2) is 4.79 Å². The Hall–Kier alpha value is -1.27. The van der Waals surface area contributed by atoms with E-state index in [2.05, 4.69) is 15.9 Å². The van der Waals surface area contributed by atoms with Crippen LogP contribution in [-0.2, 0) is 16.0 Å². The van der Waals surface area contributed by atoms with E-state index < -0.39 is 5.97 Å². The van der Waals surface area contributed by atoms with E-state index in [1.54, 1.807) is 0 Å². The molecule has 98 valence electrons. The summed E-state index contributed by atoms with van der Waals surface area (Å²) in [4.78, 5) is 10.3. The molecule has 1 aromatic rings. The van der Waals surface area contributed by atoms with Crippen molar-refractivity contribution in [1.82, 2.24) is 0 Å². The van der Waals surface area contributed by atoms with Crippen LogP contribution in [0.5, 0.6) is 11.5 Å². The fourth-order valence-electron chi connectivity index (χ4n) is 1.64. The van der Waals surface area contributed by atoms with Gasteiger partial charge >= 0.3 is 5.97 Å². The zero-order valence-electron chi connectivity index (χ0n) is 9.65. The lowest BCUT2D eigenvalue weighted by Crippen LogP contribution is -2.16. The lowest BCUT2D eigenvalue weighted by atomic mass is 10.1. The Morgan fingerprint density at radius 3 is 2.67 bits per heavy atom. The Labute approximate surface area is 113 Å². The molecule has 0 atom stereocenters. The van der Waals surface area contributed by atoms with E-state index >= 15 is 0 Å². The fourth-order valence-corrected chi connectivity index (χ4v) is 2.16. The smallest absolute Gasteiger partial charge is 0.329 e. The van der Waals surface area contributed by atoms with Crippen LogP contribution in [0.25, 0.3) is 0 Å². The van der Waals surface area contributed by atoms with E-state index in [1.165, 1.54) is 0 Å². The number of fused-ring (bicyclic) bond motifs is 1. The first-order valence-corrected chi connectivity index (χ1v) is 6.33. The largest absolute Gasteiger partial charge is 0.486 e. The highest BCUT2D eigenvalue weighted by Gasteiger charge is 2.14. The Morgan fingerprint density at radius 1 is 1.33 bits per heavy atom. The summed E-state index contributed by atoms with van der Waals surface area (Å²) in [7, 11) is 0. The molecule has 2 rings (SSSR count). The van der Waals surface area contributed by atoms with Crippen molar-refractivity contribution in [3.05, 3.63) is 22.2 Å². The summed E-state index contributed by atoms with van der Waals surface area (Å²) < 4.78 is 16.8. The van der Waals surface area contributed by atoms with Crippen molar-refractivity contribution >= 4 is 21.9 Å². The summed E-state index contributed by atoms with van der Waals surface area (Å²) in [6.45, 7) is 1.18. The van der Waals surface area contributed by atoms with Crippen molar-refractivity contribution in [3.8, 4) is 11.5 Å². The lowest BCUT2D eigenvalue weighted by molar-refractivity contribution is -0.142. The molecule has 1 N–H and O–H groups in total. The molecule has 1 heterocycles. The number of rotatable bonds is 5. The van der Waals surface area contributed by atoms with Crippen molar-refractivity contribution in [2.45, 2.75) is 6.42 Å². The van der Waals surface area contributed by atoms with Gasteiger partial charge in [-0.1, -0.05) is 15.9 Å². The average molecular weight is 317 g/mol. The topological polar surface area (TPSA) is 65.0 Å². The Bertz CT molecular complexity index is 446.